The summed E-state index contributed by atoms with van der Waals surface area (Å²) in [5.41, 5.74) is 8.97. The molecule has 20 heavy (non-hydrogen) atoms. The molecule has 2 nitrogen and oxygen atoms in total. The minimum Gasteiger partial charge on any atom is -0.398 e. The zero-order valence-corrected chi connectivity index (χ0v) is 13.1. The lowest BCUT2D eigenvalue weighted by molar-refractivity contribution is 0.253. The molecule has 1 atom stereocenters. The lowest BCUT2D eigenvalue weighted by Crippen LogP contribution is -2.22. The Morgan fingerprint density at radius 1 is 1.10 bits per heavy atom. The molecule has 0 aliphatic rings. The number of benzene rings is 2. The molecule has 0 bridgehead atoms. The van der Waals surface area contributed by atoms with Gasteiger partial charge in [0.2, 0.25) is 0 Å². The fourth-order valence-corrected chi connectivity index (χ4v) is 2.53. The summed E-state index contributed by atoms with van der Waals surface area (Å²) in [6.45, 7) is 2.88. The molecule has 0 aliphatic heterocycles. The maximum atomic E-state index is 6.04. The van der Waals surface area contributed by atoms with Crippen LogP contribution in [-0.2, 0) is 6.54 Å². The number of hydrogen-bond acceptors (Lipinski definition) is 2. The molecule has 0 heterocycles. The van der Waals surface area contributed by atoms with E-state index in [-0.39, 0.29) is 6.04 Å². The normalized spacial score (nSPS) is 12.7. The minimum atomic E-state index is 0.243. The van der Waals surface area contributed by atoms with Crippen LogP contribution < -0.4 is 5.73 Å². The Balaban J connectivity index is 2.15. The second-order valence-corrected chi connectivity index (χ2v) is 5.86. The molecular weight excluding hydrogens is 291 g/mol. The van der Waals surface area contributed by atoms with Gasteiger partial charge in [0.05, 0.1) is 0 Å². The largest absolute Gasteiger partial charge is 0.398 e. The van der Waals surface area contributed by atoms with E-state index in [4.69, 9.17) is 28.9 Å². The molecule has 2 aromatic rings. The Bertz CT molecular complexity index is 599. The third kappa shape index (κ3) is 3.66. The van der Waals surface area contributed by atoms with Gasteiger partial charge in [-0.05, 0) is 55.4 Å². The minimum absolute atomic E-state index is 0.243. The van der Waals surface area contributed by atoms with Gasteiger partial charge in [-0.25, -0.2) is 0 Å². The van der Waals surface area contributed by atoms with Gasteiger partial charge >= 0.3 is 0 Å². The van der Waals surface area contributed by atoms with Crippen LogP contribution in [0.5, 0.6) is 0 Å². The number of nitrogens with zero attached hydrogens (tertiary/aromatic N) is 1. The van der Waals surface area contributed by atoms with Gasteiger partial charge in [-0.2, -0.15) is 0 Å². The molecule has 0 fully saturated rings. The van der Waals surface area contributed by atoms with E-state index in [9.17, 15) is 0 Å². The Morgan fingerprint density at radius 3 is 2.50 bits per heavy atom. The molecule has 0 saturated heterocycles. The van der Waals surface area contributed by atoms with Crippen molar-refractivity contribution in [1.29, 1.82) is 0 Å². The Labute approximate surface area is 130 Å². The number of anilines is 1. The molecule has 106 valence electrons. The van der Waals surface area contributed by atoms with Gasteiger partial charge in [-0.15, -0.1) is 0 Å². The molecule has 0 saturated carbocycles. The molecule has 0 spiro atoms. The highest BCUT2D eigenvalue weighted by molar-refractivity contribution is 6.31. The van der Waals surface area contributed by atoms with Gasteiger partial charge in [-0.3, -0.25) is 4.90 Å². The molecule has 2 N–H and O–H groups in total. The van der Waals surface area contributed by atoms with Crippen LogP contribution in [0.25, 0.3) is 0 Å². The predicted molar refractivity (Wildman–Crippen MR) is 87.2 cm³/mol. The monoisotopic (exact) mass is 308 g/mol. The molecule has 0 aromatic heterocycles. The summed E-state index contributed by atoms with van der Waals surface area (Å²) in [6.07, 6.45) is 0. The first-order valence-electron chi connectivity index (χ1n) is 6.47. The first-order valence-corrected chi connectivity index (χ1v) is 7.22. The van der Waals surface area contributed by atoms with E-state index in [0.29, 0.717) is 5.02 Å². The molecular formula is C16H18Cl2N2. The van der Waals surface area contributed by atoms with Crippen LogP contribution in [0, 0.1) is 0 Å². The van der Waals surface area contributed by atoms with E-state index >= 15 is 0 Å². The number of halogens is 2. The van der Waals surface area contributed by atoms with Gasteiger partial charge in [-0.1, -0.05) is 35.3 Å². The summed E-state index contributed by atoms with van der Waals surface area (Å²) >= 11 is 12.1. The molecule has 4 heteroatoms. The van der Waals surface area contributed by atoms with E-state index in [2.05, 4.69) is 24.9 Å². The average molecular weight is 309 g/mol. The van der Waals surface area contributed by atoms with Crippen LogP contribution in [0.1, 0.15) is 24.1 Å². The number of nitrogens with two attached hydrogens (primary N) is 1. The summed E-state index contributed by atoms with van der Waals surface area (Å²) in [6, 6.07) is 13.7. The highest BCUT2D eigenvalue weighted by atomic mass is 35.5. The van der Waals surface area contributed by atoms with Gasteiger partial charge in [0.1, 0.15) is 0 Å². The van der Waals surface area contributed by atoms with Crippen molar-refractivity contribution < 1.29 is 0 Å². The SMILES string of the molecule is CC(c1cccc(Cl)c1)N(C)Cc1cc(Cl)ccc1N. The van der Waals surface area contributed by atoms with Crippen molar-refractivity contribution in [3.8, 4) is 0 Å². The summed E-state index contributed by atoms with van der Waals surface area (Å²) in [7, 11) is 2.06. The summed E-state index contributed by atoms with van der Waals surface area (Å²) in [5.74, 6) is 0. The van der Waals surface area contributed by atoms with Crippen LogP contribution >= 0.6 is 23.2 Å². The molecule has 2 rings (SSSR count). The zero-order chi connectivity index (χ0) is 14.7. The lowest BCUT2D eigenvalue weighted by atomic mass is 10.1. The molecule has 0 aliphatic carbocycles. The smallest absolute Gasteiger partial charge is 0.0410 e. The summed E-state index contributed by atoms with van der Waals surface area (Å²) in [5, 5.41) is 1.46. The average Bonchev–Trinajstić information content (AvgIpc) is 2.42. The van der Waals surface area contributed by atoms with Gasteiger partial charge in [0, 0.05) is 28.3 Å². The lowest BCUT2D eigenvalue weighted by Gasteiger charge is -2.26. The van der Waals surface area contributed by atoms with Crippen molar-refractivity contribution in [3.05, 3.63) is 63.6 Å². The number of nitrogen functional groups attached to an aromatic ring is 1. The molecule has 0 amide bonds. The van der Waals surface area contributed by atoms with E-state index < -0.39 is 0 Å². The highest BCUT2D eigenvalue weighted by Gasteiger charge is 2.13. The number of hydrogen-bond donors (Lipinski definition) is 1. The maximum absolute atomic E-state index is 6.04. The second kappa shape index (κ2) is 6.49. The first-order chi connectivity index (χ1) is 9.47. The van der Waals surface area contributed by atoms with Crippen LogP contribution in [0.4, 0.5) is 5.69 Å². The second-order valence-electron chi connectivity index (χ2n) is 4.99. The van der Waals surface area contributed by atoms with Crippen molar-refractivity contribution in [2.75, 3.05) is 12.8 Å². The predicted octanol–water partition coefficient (Wildman–Crippen LogP) is 4.77. The van der Waals surface area contributed by atoms with E-state index in [0.717, 1.165) is 22.8 Å². The number of rotatable bonds is 4. The third-order valence-corrected chi connectivity index (χ3v) is 3.99. The Hall–Kier alpha value is -1.22. The van der Waals surface area contributed by atoms with Gasteiger partial charge in [0.15, 0.2) is 0 Å². The Morgan fingerprint density at radius 2 is 1.80 bits per heavy atom. The van der Waals surface area contributed by atoms with Crippen molar-refractivity contribution in [1.82, 2.24) is 4.90 Å². The fraction of sp³-hybridized carbons (Fsp3) is 0.250. The Kier molecular flexibility index (Phi) is 4.92. The van der Waals surface area contributed by atoms with Crippen LogP contribution in [0.2, 0.25) is 10.0 Å². The van der Waals surface area contributed by atoms with Crippen molar-refractivity contribution >= 4 is 28.9 Å². The van der Waals surface area contributed by atoms with Crippen molar-refractivity contribution in [3.63, 3.8) is 0 Å². The van der Waals surface area contributed by atoms with Gasteiger partial charge < -0.3 is 5.73 Å². The highest BCUT2D eigenvalue weighted by Crippen LogP contribution is 2.25. The fourth-order valence-electron chi connectivity index (χ4n) is 2.14. The van der Waals surface area contributed by atoms with E-state index in [1.165, 1.54) is 5.56 Å². The molecule has 0 radical (unpaired) electrons. The van der Waals surface area contributed by atoms with Crippen molar-refractivity contribution in [2.24, 2.45) is 0 Å². The third-order valence-electron chi connectivity index (χ3n) is 3.52. The quantitative estimate of drug-likeness (QED) is 0.824. The summed E-state index contributed by atoms with van der Waals surface area (Å²) in [4.78, 5) is 2.22. The van der Waals surface area contributed by atoms with Crippen molar-refractivity contribution in [2.45, 2.75) is 19.5 Å². The standard InChI is InChI=1S/C16H18Cl2N2/c1-11(12-4-3-5-14(17)8-12)20(2)10-13-9-15(18)6-7-16(13)19/h3-9,11H,10,19H2,1-2H3. The zero-order valence-electron chi connectivity index (χ0n) is 11.6. The van der Waals surface area contributed by atoms with E-state index in [1.54, 1.807) is 6.07 Å². The molecule has 2 aromatic carbocycles. The first kappa shape index (κ1) is 15.2. The van der Waals surface area contributed by atoms with Gasteiger partial charge in [0.25, 0.3) is 0 Å². The van der Waals surface area contributed by atoms with Crippen LogP contribution in [0.3, 0.4) is 0 Å². The van der Waals surface area contributed by atoms with Crippen LogP contribution in [0.15, 0.2) is 42.5 Å². The maximum Gasteiger partial charge on any atom is 0.0410 e. The topological polar surface area (TPSA) is 29.3 Å². The van der Waals surface area contributed by atoms with E-state index in [1.807, 2.05) is 30.3 Å². The molecule has 1 unspecified atom stereocenters. The summed E-state index contributed by atoms with van der Waals surface area (Å²) < 4.78 is 0. The van der Waals surface area contributed by atoms with Crippen LogP contribution in [-0.4, -0.2) is 11.9 Å².